The molecular formula is C12H8BrF2NOS. The van der Waals surface area contributed by atoms with Gasteiger partial charge in [0.1, 0.15) is 5.82 Å². The van der Waals surface area contributed by atoms with Gasteiger partial charge in [-0.1, -0.05) is 0 Å². The molecular weight excluding hydrogens is 324 g/mol. The second-order valence-corrected chi connectivity index (χ2v) is 6.34. The van der Waals surface area contributed by atoms with Crippen LogP contribution in [0.1, 0.15) is 20.8 Å². The summed E-state index contributed by atoms with van der Waals surface area (Å²) < 4.78 is 27.7. The molecule has 94 valence electrons. The number of halogens is 3. The quantitative estimate of drug-likeness (QED) is 0.669. The van der Waals surface area contributed by atoms with Gasteiger partial charge in [0.25, 0.3) is 0 Å². The van der Waals surface area contributed by atoms with Crippen LogP contribution >= 0.6 is 27.3 Å². The number of nitrogens with two attached hydrogens (primary N) is 1. The van der Waals surface area contributed by atoms with Crippen LogP contribution in [0.2, 0.25) is 0 Å². The smallest absolute Gasteiger partial charge is 0.197 e. The second-order valence-electron chi connectivity index (χ2n) is 3.71. The number of anilines is 1. The Bertz CT molecular complexity index is 639. The highest BCUT2D eigenvalue weighted by Gasteiger charge is 2.20. The summed E-state index contributed by atoms with van der Waals surface area (Å²) in [6.45, 7) is 1.74. The Hall–Kier alpha value is -1.27. The molecule has 0 aliphatic carbocycles. The number of hydrogen-bond donors (Lipinski definition) is 1. The van der Waals surface area contributed by atoms with E-state index >= 15 is 0 Å². The first-order chi connectivity index (χ1) is 8.40. The van der Waals surface area contributed by atoms with Gasteiger partial charge in [0.2, 0.25) is 0 Å². The number of rotatable bonds is 2. The molecule has 6 heteroatoms. The van der Waals surface area contributed by atoms with Gasteiger partial charge < -0.3 is 5.73 Å². The lowest BCUT2D eigenvalue weighted by molar-refractivity contribution is 0.103. The number of thiophene rings is 1. The highest BCUT2D eigenvalue weighted by atomic mass is 79.9. The van der Waals surface area contributed by atoms with Crippen molar-refractivity contribution >= 4 is 38.7 Å². The van der Waals surface area contributed by atoms with E-state index < -0.39 is 17.4 Å². The lowest BCUT2D eigenvalue weighted by Crippen LogP contribution is -2.07. The Balaban J connectivity index is 2.56. The summed E-state index contributed by atoms with van der Waals surface area (Å²) in [4.78, 5) is 12.9. The fraction of sp³-hybridized carbons (Fsp3) is 0.0833. The van der Waals surface area contributed by atoms with Crippen molar-refractivity contribution in [3.8, 4) is 0 Å². The van der Waals surface area contributed by atoms with Crippen LogP contribution < -0.4 is 5.73 Å². The van der Waals surface area contributed by atoms with Crippen LogP contribution in [-0.2, 0) is 0 Å². The third kappa shape index (κ3) is 2.30. The minimum Gasteiger partial charge on any atom is -0.396 e. The van der Waals surface area contributed by atoms with Gasteiger partial charge in [0, 0.05) is 10.4 Å². The van der Waals surface area contributed by atoms with E-state index in [9.17, 15) is 13.6 Å². The van der Waals surface area contributed by atoms with Gasteiger partial charge in [-0.15, -0.1) is 11.3 Å². The molecule has 0 radical (unpaired) electrons. The number of ketones is 1. The molecule has 1 heterocycles. The average Bonchev–Trinajstić information content (AvgIpc) is 2.62. The molecule has 0 spiro atoms. The zero-order valence-corrected chi connectivity index (χ0v) is 11.7. The van der Waals surface area contributed by atoms with Gasteiger partial charge >= 0.3 is 0 Å². The van der Waals surface area contributed by atoms with E-state index in [1.54, 1.807) is 13.0 Å². The molecule has 1 aromatic heterocycles. The fourth-order valence-electron chi connectivity index (χ4n) is 1.59. The second kappa shape index (κ2) is 4.78. The summed E-state index contributed by atoms with van der Waals surface area (Å²) in [7, 11) is 0. The predicted octanol–water partition coefficient (Wildman–Crippen LogP) is 3.91. The van der Waals surface area contributed by atoms with Crippen molar-refractivity contribution in [1.82, 2.24) is 0 Å². The first-order valence-corrected chi connectivity index (χ1v) is 6.56. The van der Waals surface area contributed by atoms with E-state index in [0.29, 0.717) is 5.56 Å². The minimum absolute atomic E-state index is 0.343. The standard InChI is InChI=1S/C12H8BrF2NOS/c1-5-7(4-10(13)18-5)12(17)8-2-6(14)3-9(16)11(8)15/h2-4H,16H2,1H3. The molecule has 0 aliphatic heterocycles. The minimum atomic E-state index is -0.886. The summed E-state index contributed by atoms with van der Waals surface area (Å²) >= 11 is 4.60. The lowest BCUT2D eigenvalue weighted by atomic mass is 10.0. The average molecular weight is 332 g/mol. The molecule has 0 amide bonds. The third-order valence-corrected chi connectivity index (χ3v) is 4.00. The predicted molar refractivity (Wildman–Crippen MR) is 71.0 cm³/mol. The number of carbonyl (C=O) groups is 1. The molecule has 2 N–H and O–H groups in total. The van der Waals surface area contributed by atoms with Gasteiger partial charge in [-0.3, -0.25) is 4.79 Å². The summed E-state index contributed by atoms with van der Waals surface area (Å²) in [5.41, 5.74) is 4.93. The van der Waals surface area contributed by atoms with Crippen LogP contribution in [-0.4, -0.2) is 5.78 Å². The van der Waals surface area contributed by atoms with Gasteiger partial charge in [-0.2, -0.15) is 0 Å². The molecule has 2 rings (SSSR count). The molecule has 0 aliphatic rings. The normalized spacial score (nSPS) is 10.7. The molecule has 0 saturated carbocycles. The molecule has 2 aromatic rings. The van der Waals surface area contributed by atoms with Crippen LogP contribution in [0.25, 0.3) is 0 Å². The number of carbonyl (C=O) groups excluding carboxylic acids is 1. The molecule has 1 aromatic carbocycles. The van der Waals surface area contributed by atoms with E-state index in [1.165, 1.54) is 11.3 Å². The molecule has 0 fully saturated rings. The van der Waals surface area contributed by atoms with Crippen molar-refractivity contribution in [3.05, 3.63) is 49.6 Å². The largest absolute Gasteiger partial charge is 0.396 e. The Labute approximate surface area is 115 Å². The van der Waals surface area contributed by atoms with Crippen LogP contribution in [0.3, 0.4) is 0 Å². The van der Waals surface area contributed by atoms with Gasteiger partial charge in [-0.05, 0) is 41.1 Å². The maximum Gasteiger partial charge on any atom is 0.197 e. The van der Waals surface area contributed by atoms with Crippen molar-refractivity contribution in [3.63, 3.8) is 0 Å². The summed E-state index contributed by atoms with van der Waals surface area (Å²) in [6, 6.07) is 3.30. The van der Waals surface area contributed by atoms with Crippen molar-refractivity contribution < 1.29 is 13.6 Å². The van der Waals surface area contributed by atoms with Crippen molar-refractivity contribution in [2.75, 3.05) is 5.73 Å². The van der Waals surface area contributed by atoms with Crippen molar-refractivity contribution in [2.45, 2.75) is 6.92 Å². The lowest BCUT2D eigenvalue weighted by Gasteiger charge is -2.05. The van der Waals surface area contributed by atoms with Gasteiger partial charge in [-0.25, -0.2) is 8.78 Å². The van der Waals surface area contributed by atoms with Crippen molar-refractivity contribution in [2.24, 2.45) is 0 Å². The van der Waals surface area contributed by atoms with E-state index in [0.717, 1.165) is 20.8 Å². The van der Waals surface area contributed by atoms with Gasteiger partial charge in [0.05, 0.1) is 15.0 Å². The number of nitrogen functional groups attached to an aromatic ring is 1. The number of hydrogen-bond acceptors (Lipinski definition) is 3. The Kier molecular flexibility index (Phi) is 3.49. The van der Waals surface area contributed by atoms with Crippen LogP contribution in [0.5, 0.6) is 0 Å². The van der Waals surface area contributed by atoms with E-state index in [2.05, 4.69) is 15.9 Å². The molecule has 0 bridgehead atoms. The molecule has 0 saturated heterocycles. The van der Waals surface area contributed by atoms with Crippen LogP contribution in [0.15, 0.2) is 22.0 Å². The Morgan fingerprint density at radius 1 is 1.28 bits per heavy atom. The summed E-state index contributed by atoms with van der Waals surface area (Å²) in [6.07, 6.45) is 0. The summed E-state index contributed by atoms with van der Waals surface area (Å²) in [5, 5.41) is 0. The topological polar surface area (TPSA) is 43.1 Å². The number of aryl methyl sites for hydroxylation is 1. The fourth-order valence-corrected chi connectivity index (χ4v) is 3.28. The highest BCUT2D eigenvalue weighted by Crippen LogP contribution is 2.29. The van der Waals surface area contributed by atoms with E-state index in [4.69, 9.17) is 5.73 Å². The first kappa shape index (κ1) is 13.2. The number of benzene rings is 1. The molecule has 0 atom stereocenters. The van der Waals surface area contributed by atoms with Crippen molar-refractivity contribution in [1.29, 1.82) is 0 Å². The zero-order chi connectivity index (χ0) is 13.4. The van der Waals surface area contributed by atoms with E-state index in [-0.39, 0.29) is 11.3 Å². The Morgan fingerprint density at radius 2 is 1.94 bits per heavy atom. The molecule has 0 unspecified atom stereocenters. The van der Waals surface area contributed by atoms with Crippen LogP contribution in [0.4, 0.5) is 14.5 Å². The van der Waals surface area contributed by atoms with E-state index in [1.807, 2.05) is 0 Å². The first-order valence-electron chi connectivity index (χ1n) is 4.95. The maximum atomic E-state index is 13.7. The molecule has 18 heavy (non-hydrogen) atoms. The van der Waals surface area contributed by atoms with Gasteiger partial charge in [0.15, 0.2) is 11.6 Å². The highest BCUT2D eigenvalue weighted by molar-refractivity contribution is 9.11. The maximum absolute atomic E-state index is 13.7. The molecule has 2 nitrogen and oxygen atoms in total. The third-order valence-electron chi connectivity index (χ3n) is 2.44. The van der Waals surface area contributed by atoms with Crippen LogP contribution in [0, 0.1) is 18.6 Å². The Morgan fingerprint density at radius 3 is 2.50 bits per heavy atom. The monoisotopic (exact) mass is 331 g/mol. The summed E-state index contributed by atoms with van der Waals surface area (Å²) in [5.74, 6) is -2.19. The SMILES string of the molecule is Cc1sc(Br)cc1C(=O)c1cc(F)cc(N)c1F. The zero-order valence-electron chi connectivity index (χ0n) is 9.26.